The van der Waals surface area contributed by atoms with Gasteiger partial charge in [-0.3, -0.25) is 10.1 Å². The standard InChI is InChI=1S/C13H17N5O2/c19-18(20)10-3-4-11-12(8-10)17-13(16-11)15-7-5-9-2-1-6-14-9/h3-4,8-9,14H,1-2,5-7H2,(H2,15,16,17)/t9-/m0/s1. The number of nitro benzene ring substituents is 1. The normalized spacial score (nSPS) is 18.5. The number of fused-ring (bicyclic) bond motifs is 1. The monoisotopic (exact) mass is 275 g/mol. The van der Waals surface area contributed by atoms with Gasteiger partial charge in [-0.15, -0.1) is 0 Å². The molecule has 0 amide bonds. The van der Waals surface area contributed by atoms with E-state index in [4.69, 9.17) is 0 Å². The molecule has 0 saturated carbocycles. The summed E-state index contributed by atoms with van der Waals surface area (Å²) in [5, 5.41) is 17.4. The van der Waals surface area contributed by atoms with E-state index in [2.05, 4.69) is 20.6 Å². The lowest BCUT2D eigenvalue weighted by atomic mass is 10.2. The summed E-state index contributed by atoms with van der Waals surface area (Å²) in [4.78, 5) is 17.8. The van der Waals surface area contributed by atoms with Crippen molar-refractivity contribution in [1.29, 1.82) is 0 Å². The lowest BCUT2D eigenvalue weighted by molar-refractivity contribution is -0.384. The third kappa shape index (κ3) is 2.72. The Morgan fingerprint density at radius 3 is 3.15 bits per heavy atom. The van der Waals surface area contributed by atoms with Gasteiger partial charge in [-0.05, 0) is 31.9 Å². The van der Waals surface area contributed by atoms with E-state index in [1.54, 1.807) is 6.07 Å². The highest BCUT2D eigenvalue weighted by Gasteiger charge is 2.13. The number of nitrogens with zero attached hydrogens (tertiary/aromatic N) is 2. The van der Waals surface area contributed by atoms with Crippen LogP contribution >= 0.6 is 0 Å². The van der Waals surface area contributed by atoms with E-state index in [9.17, 15) is 10.1 Å². The molecule has 0 bridgehead atoms. The maximum atomic E-state index is 10.7. The van der Waals surface area contributed by atoms with E-state index in [1.807, 2.05) is 0 Å². The number of anilines is 1. The summed E-state index contributed by atoms with van der Waals surface area (Å²) in [6.07, 6.45) is 3.53. The molecule has 1 fully saturated rings. The van der Waals surface area contributed by atoms with E-state index < -0.39 is 4.92 Å². The Hall–Kier alpha value is -2.15. The molecule has 0 aliphatic carbocycles. The predicted molar refractivity (Wildman–Crippen MR) is 76.9 cm³/mol. The van der Waals surface area contributed by atoms with Gasteiger partial charge in [0.15, 0.2) is 0 Å². The number of H-pyrrole nitrogens is 1. The van der Waals surface area contributed by atoms with E-state index in [0.717, 1.165) is 25.0 Å². The largest absolute Gasteiger partial charge is 0.356 e. The number of nitrogens with one attached hydrogen (secondary N) is 3. The van der Waals surface area contributed by atoms with Crippen LogP contribution in [0, 0.1) is 10.1 Å². The van der Waals surface area contributed by atoms with Crippen molar-refractivity contribution in [2.45, 2.75) is 25.3 Å². The SMILES string of the molecule is O=[N+]([O-])c1ccc2nc(NCC[C@@H]3CCCN3)[nH]c2c1. The van der Waals surface area contributed by atoms with E-state index >= 15 is 0 Å². The van der Waals surface area contributed by atoms with Crippen molar-refractivity contribution in [2.24, 2.45) is 0 Å². The molecule has 106 valence electrons. The van der Waals surface area contributed by atoms with Crippen LogP contribution < -0.4 is 10.6 Å². The second kappa shape index (κ2) is 5.46. The van der Waals surface area contributed by atoms with Gasteiger partial charge in [0.05, 0.1) is 16.0 Å². The zero-order valence-corrected chi connectivity index (χ0v) is 11.1. The number of imidazole rings is 1. The number of benzene rings is 1. The van der Waals surface area contributed by atoms with E-state index in [0.29, 0.717) is 17.5 Å². The zero-order chi connectivity index (χ0) is 13.9. The summed E-state index contributed by atoms with van der Waals surface area (Å²) in [6, 6.07) is 5.22. The van der Waals surface area contributed by atoms with Crippen LogP contribution in [-0.4, -0.2) is 34.0 Å². The van der Waals surface area contributed by atoms with Gasteiger partial charge in [-0.2, -0.15) is 0 Å². The van der Waals surface area contributed by atoms with Gasteiger partial charge in [-0.1, -0.05) is 0 Å². The van der Waals surface area contributed by atoms with Crippen LogP contribution in [0.2, 0.25) is 0 Å². The molecular weight excluding hydrogens is 258 g/mol. The first-order chi connectivity index (χ1) is 9.72. The minimum absolute atomic E-state index is 0.0721. The fraction of sp³-hybridized carbons (Fsp3) is 0.462. The first-order valence-corrected chi connectivity index (χ1v) is 6.84. The number of non-ortho nitro benzene ring substituents is 1. The van der Waals surface area contributed by atoms with Gasteiger partial charge in [0, 0.05) is 24.7 Å². The summed E-state index contributed by atoms with van der Waals surface area (Å²) in [6.45, 7) is 1.94. The smallest absolute Gasteiger partial charge is 0.271 e. The Morgan fingerprint density at radius 1 is 1.50 bits per heavy atom. The summed E-state index contributed by atoms with van der Waals surface area (Å²) in [5.41, 5.74) is 1.49. The second-order valence-corrected chi connectivity index (χ2v) is 5.05. The van der Waals surface area contributed by atoms with Crippen molar-refractivity contribution in [3.8, 4) is 0 Å². The Kier molecular flexibility index (Phi) is 3.51. The van der Waals surface area contributed by atoms with Crippen LogP contribution in [-0.2, 0) is 0 Å². The topological polar surface area (TPSA) is 95.9 Å². The first kappa shape index (κ1) is 12.9. The molecule has 7 heteroatoms. The van der Waals surface area contributed by atoms with Crippen molar-refractivity contribution in [2.75, 3.05) is 18.4 Å². The Balaban J connectivity index is 1.64. The molecule has 1 aliphatic rings. The number of hydrogen-bond donors (Lipinski definition) is 3. The molecule has 7 nitrogen and oxygen atoms in total. The number of hydrogen-bond acceptors (Lipinski definition) is 5. The third-order valence-electron chi connectivity index (χ3n) is 3.62. The van der Waals surface area contributed by atoms with Crippen LogP contribution in [0.1, 0.15) is 19.3 Å². The minimum atomic E-state index is -0.404. The van der Waals surface area contributed by atoms with Crippen molar-refractivity contribution >= 4 is 22.7 Å². The molecule has 20 heavy (non-hydrogen) atoms. The predicted octanol–water partition coefficient (Wildman–Crippen LogP) is 2.03. The summed E-state index contributed by atoms with van der Waals surface area (Å²) < 4.78 is 0. The van der Waals surface area contributed by atoms with Crippen molar-refractivity contribution in [1.82, 2.24) is 15.3 Å². The highest BCUT2D eigenvalue weighted by molar-refractivity contribution is 5.79. The summed E-state index contributed by atoms with van der Waals surface area (Å²) in [5.74, 6) is 0.665. The Labute approximate surface area is 115 Å². The first-order valence-electron chi connectivity index (χ1n) is 6.84. The molecule has 0 radical (unpaired) electrons. The van der Waals surface area contributed by atoms with Crippen molar-refractivity contribution in [3.63, 3.8) is 0 Å². The fourth-order valence-corrected chi connectivity index (χ4v) is 2.56. The fourth-order valence-electron chi connectivity index (χ4n) is 2.56. The molecule has 2 aromatic rings. The molecule has 3 rings (SSSR count). The van der Waals surface area contributed by atoms with Crippen LogP contribution in [0.15, 0.2) is 18.2 Å². The van der Waals surface area contributed by atoms with Gasteiger partial charge in [0.25, 0.3) is 5.69 Å². The van der Waals surface area contributed by atoms with Crippen LogP contribution in [0.4, 0.5) is 11.6 Å². The van der Waals surface area contributed by atoms with Gasteiger partial charge >= 0.3 is 0 Å². The van der Waals surface area contributed by atoms with E-state index in [-0.39, 0.29) is 5.69 Å². The van der Waals surface area contributed by atoms with Crippen molar-refractivity contribution in [3.05, 3.63) is 28.3 Å². The lowest BCUT2D eigenvalue weighted by Crippen LogP contribution is -2.24. The molecular formula is C13H17N5O2. The minimum Gasteiger partial charge on any atom is -0.356 e. The third-order valence-corrected chi connectivity index (χ3v) is 3.62. The molecule has 1 saturated heterocycles. The highest BCUT2D eigenvalue weighted by atomic mass is 16.6. The van der Waals surface area contributed by atoms with Crippen LogP contribution in [0.5, 0.6) is 0 Å². The van der Waals surface area contributed by atoms with Gasteiger partial charge in [0.2, 0.25) is 5.95 Å². The molecule has 0 unspecified atom stereocenters. The average molecular weight is 275 g/mol. The molecule has 1 aliphatic heterocycles. The summed E-state index contributed by atoms with van der Waals surface area (Å²) in [7, 11) is 0. The Bertz CT molecular complexity index is 618. The molecule has 1 aromatic carbocycles. The molecule has 2 heterocycles. The van der Waals surface area contributed by atoms with Gasteiger partial charge < -0.3 is 15.6 Å². The molecule has 1 atom stereocenters. The number of aromatic amines is 1. The zero-order valence-electron chi connectivity index (χ0n) is 11.1. The quantitative estimate of drug-likeness (QED) is 0.573. The number of aromatic nitrogens is 2. The van der Waals surface area contributed by atoms with Crippen LogP contribution in [0.25, 0.3) is 11.0 Å². The van der Waals surface area contributed by atoms with Gasteiger partial charge in [0.1, 0.15) is 0 Å². The maximum absolute atomic E-state index is 10.7. The lowest BCUT2D eigenvalue weighted by Gasteiger charge is -2.09. The molecule has 0 spiro atoms. The second-order valence-electron chi connectivity index (χ2n) is 5.05. The molecule has 1 aromatic heterocycles. The average Bonchev–Trinajstić information content (AvgIpc) is 3.06. The highest BCUT2D eigenvalue weighted by Crippen LogP contribution is 2.20. The van der Waals surface area contributed by atoms with Crippen molar-refractivity contribution < 1.29 is 4.92 Å². The van der Waals surface area contributed by atoms with Gasteiger partial charge in [-0.25, -0.2) is 4.98 Å². The number of rotatable bonds is 5. The van der Waals surface area contributed by atoms with Crippen LogP contribution in [0.3, 0.4) is 0 Å². The number of nitro groups is 1. The molecule has 3 N–H and O–H groups in total. The Morgan fingerprint density at radius 2 is 2.40 bits per heavy atom. The van der Waals surface area contributed by atoms with E-state index in [1.165, 1.54) is 25.0 Å². The summed E-state index contributed by atoms with van der Waals surface area (Å²) >= 11 is 0. The maximum Gasteiger partial charge on any atom is 0.271 e.